The highest BCUT2D eigenvalue weighted by atomic mass is 79.9. The molecule has 0 aliphatic carbocycles. The largest absolute Gasteiger partial charge is 0.618 e. The Labute approximate surface area is 118 Å². The standard InChI is InChI=1S/C15H10BrNO2/c1-9-5-4-8-12-13(9)15(18)14(17(12)19)10-6-2-3-7-11(10)16/h2-8H,1H3. The van der Waals surface area contributed by atoms with Gasteiger partial charge in [0.2, 0.25) is 5.69 Å². The van der Waals surface area contributed by atoms with Crippen molar-refractivity contribution in [2.45, 2.75) is 6.92 Å². The average molecular weight is 316 g/mol. The van der Waals surface area contributed by atoms with Crippen LogP contribution in [-0.2, 0) is 0 Å². The monoisotopic (exact) mass is 315 g/mol. The third-order valence-corrected chi connectivity index (χ3v) is 3.94. The van der Waals surface area contributed by atoms with Crippen LogP contribution in [-0.4, -0.2) is 16.2 Å². The fourth-order valence-corrected chi connectivity index (χ4v) is 2.81. The van der Waals surface area contributed by atoms with Crippen LogP contribution in [0.3, 0.4) is 0 Å². The summed E-state index contributed by atoms with van der Waals surface area (Å²) < 4.78 is 1.47. The van der Waals surface area contributed by atoms with Crippen LogP contribution < -0.4 is 0 Å². The molecule has 1 aliphatic heterocycles. The summed E-state index contributed by atoms with van der Waals surface area (Å²) in [6.45, 7) is 1.84. The van der Waals surface area contributed by atoms with Gasteiger partial charge >= 0.3 is 0 Å². The number of carbonyl (C=O) groups excluding carboxylic acids is 1. The van der Waals surface area contributed by atoms with Crippen LogP contribution in [0.1, 0.15) is 21.5 Å². The van der Waals surface area contributed by atoms with E-state index in [1.54, 1.807) is 18.2 Å². The smallest absolute Gasteiger partial charge is 0.274 e. The molecule has 2 aromatic rings. The fraction of sp³-hybridized carbons (Fsp3) is 0.0667. The molecule has 1 heterocycles. The second-order valence-corrected chi connectivity index (χ2v) is 5.28. The van der Waals surface area contributed by atoms with Crippen molar-refractivity contribution in [1.29, 1.82) is 0 Å². The molecule has 4 heteroatoms. The SMILES string of the molecule is Cc1cccc2c1C(=O)C(c1ccccc1Br)=[N+]2[O-]. The molecule has 0 N–H and O–H groups in total. The second-order valence-electron chi connectivity index (χ2n) is 4.42. The molecule has 3 rings (SSSR count). The van der Waals surface area contributed by atoms with Crippen LogP contribution >= 0.6 is 15.9 Å². The maximum Gasteiger partial charge on any atom is 0.274 e. The summed E-state index contributed by atoms with van der Waals surface area (Å²) in [4.78, 5) is 12.5. The first-order chi connectivity index (χ1) is 9.11. The van der Waals surface area contributed by atoms with Crippen molar-refractivity contribution in [3.8, 4) is 0 Å². The number of benzene rings is 2. The Kier molecular flexibility index (Phi) is 2.75. The molecule has 0 unspecified atom stereocenters. The Morgan fingerprint density at radius 1 is 1.11 bits per heavy atom. The predicted octanol–water partition coefficient (Wildman–Crippen LogP) is 3.58. The van der Waals surface area contributed by atoms with Gasteiger partial charge in [0.05, 0.1) is 5.56 Å². The van der Waals surface area contributed by atoms with E-state index in [0.29, 0.717) is 16.8 Å². The lowest BCUT2D eigenvalue weighted by atomic mass is 9.99. The molecule has 0 saturated carbocycles. The lowest BCUT2D eigenvalue weighted by Crippen LogP contribution is -2.17. The highest BCUT2D eigenvalue weighted by Gasteiger charge is 2.38. The van der Waals surface area contributed by atoms with Crippen molar-refractivity contribution in [3.63, 3.8) is 0 Å². The normalized spacial score (nSPS) is 13.9. The number of carbonyl (C=O) groups is 1. The Balaban J connectivity index is 2.27. The number of hydrogen-bond donors (Lipinski definition) is 0. The first-order valence-electron chi connectivity index (χ1n) is 5.84. The van der Waals surface area contributed by atoms with E-state index >= 15 is 0 Å². The third kappa shape index (κ3) is 1.71. The van der Waals surface area contributed by atoms with E-state index in [0.717, 1.165) is 14.8 Å². The molecule has 94 valence electrons. The quantitative estimate of drug-likeness (QED) is 0.596. The molecule has 0 bridgehead atoms. The highest BCUT2D eigenvalue weighted by Crippen LogP contribution is 2.32. The second kappa shape index (κ2) is 4.31. The van der Waals surface area contributed by atoms with Gasteiger partial charge in [0.25, 0.3) is 11.5 Å². The van der Waals surface area contributed by atoms with Crippen molar-refractivity contribution < 1.29 is 9.53 Å². The maximum atomic E-state index is 12.5. The zero-order valence-corrected chi connectivity index (χ0v) is 11.8. The molecule has 1 aliphatic rings. The number of fused-ring (bicyclic) bond motifs is 1. The minimum atomic E-state index is -0.213. The Morgan fingerprint density at radius 2 is 1.84 bits per heavy atom. The molecule has 0 radical (unpaired) electrons. The number of ketones is 1. The average Bonchev–Trinajstić information content (AvgIpc) is 2.64. The van der Waals surface area contributed by atoms with E-state index in [2.05, 4.69) is 15.9 Å². The van der Waals surface area contributed by atoms with Gasteiger partial charge in [0, 0.05) is 10.5 Å². The topological polar surface area (TPSA) is 43.1 Å². The van der Waals surface area contributed by atoms with Crippen molar-refractivity contribution in [2.75, 3.05) is 0 Å². The summed E-state index contributed by atoms with van der Waals surface area (Å²) in [6, 6.07) is 12.5. The van der Waals surface area contributed by atoms with Crippen LogP contribution in [0.25, 0.3) is 0 Å². The first-order valence-corrected chi connectivity index (χ1v) is 6.64. The molecule has 0 amide bonds. The maximum absolute atomic E-state index is 12.5. The molecule has 19 heavy (non-hydrogen) atoms. The van der Waals surface area contributed by atoms with Gasteiger partial charge in [-0.1, -0.05) is 24.3 Å². The van der Waals surface area contributed by atoms with Crippen LogP contribution in [0.2, 0.25) is 0 Å². The molecule has 0 atom stereocenters. The third-order valence-electron chi connectivity index (χ3n) is 3.24. The Hall–Kier alpha value is -1.94. The summed E-state index contributed by atoms with van der Waals surface area (Å²) >= 11 is 3.39. The number of rotatable bonds is 1. The van der Waals surface area contributed by atoms with Crippen LogP contribution in [0.15, 0.2) is 46.9 Å². The van der Waals surface area contributed by atoms with E-state index in [4.69, 9.17) is 0 Å². The molecular formula is C15H10BrNO2. The van der Waals surface area contributed by atoms with Gasteiger partial charge in [-0.2, -0.15) is 4.74 Å². The van der Waals surface area contributed by atoms with Gasteiger partial charge in [-0.05, 0) is 40.5 Å². The zero-order chi connectivity index (χ0) is 13.6. The van der Waals surface area contributed by atoms with Crippen LogP contribution in [0.4, 0.5) is 5.69 Å². The molecule has 0 aromatic heterocycles. The van der Waals surface area contributed by atoms with E-state index in [1.807, 2.05) is 31.2 Å². The van der Waals surface area contributed by atoms with Crippen molar-refractivity contribution >= 4 is 33.1 Å². The molecule has 2 aromatic carbocycles. The number of nitrogens with zero attached hydrogens (tertiary/aromatic N) is 1. The van der Waals surface area contributed by atoms with E-state index < -0.39 is 0 Å². The van der Waals surface area contributed by atoms with Crippen molar-refractivity contribution in [2.24, 2.45) is 0 Å². The van der Waals surface area contributed by atoms with Gasteiger partial charge in [-0.3, -0.25) is 4.79 Å². The van der Waals surface area contributed by atoms with Gasteiger partial charge in [-0.25, -0.2) is 0 Å². The summed E-state index contributed by atoms with van der Waals surface area (Å²) in [7, 11) is 0. The van der Waals surface area contributed by atoms with E-state index in [9.17, 15) is 10.0 Å². The number of hydrogen-bond acceptors (Lipinski definition) is 2. The highest BCUT2D eigenvalue weighted by molar-refractivity contribution is 9.10. The van der Waals surface area contributed by atoms with Crippen LogP contribution in [0.5, 0.6) is 0 Å². The summed E-state index contributed by atoms with van der Waals surface area (Å²) in [6.07, 6.45) is 0. The lowest BCUT2D eigenvalue weighted by Gasteiger charge is -2.03. The molecule has 0 fully saturated rings. The number of halogens is 1. The number of aryl methyl sites for hydroxylation is 1. The molecular weight excluding hydrogens is 306 g/mol. The van der Waals surface area contributed by atoms with E-state index in [1.165, 1.54) is 0 Å². The predicted molar refractivity (Wildman–Crippen MR) is 77.0 cm³/mol. The lowest BCUT2D eigenvalue weighted by molar-refractivity contribution is -0.355. The molecule has 3 nitrogen and oxygen atoms in total. The van der Waals surface area contributed by atoms with Crippen molar-refractivity contribution in [3.05, 3.63) is 68.8 Å². The van der Waals surface area contributed by atoms with Gasteiger partial charge in [-0.15, -0.1) is 0 Å². The zero-order valence-electron chi connectivity index (χ0n) is 10.2. The number of Topliss-reactive ketones (excluding diaryl/α,β-unsaturated/α-hetero) is 1. The van der Waals surface area contributed by atoms with Gasteiger partial charge < -0.3 is 5.21 Å². The summed E-state index contributed by atoms with van der Waals surface area (Å²) in [5.41, 5.74) is 2.55. The minimum Gasteiger partial charge on any atom is -0.618 e. The van der Waals surface area contributed by atoms with Gasteiger partial charge in [0.1, 0.15) is 5.56 Å². The molecule has 0 saturated heterocycles. The van der Waals surface area contributed by atoms with E-state index in [-0.39, 0.29) is 11.5 Å². The minimum absolute atomic E-state index is 0.178. The first kappa shape index (κ1) is 12.1. The fourth-order valence-electron chi connectivity index (χ4n) is 2.33. The Bertz CT molecular complexity index is 735. The summed E-state index contributed by atoms with van der Waals surface area (Å²) in [5.74, 6) is -0.213. The van der Waals surface area contributed by atoms with Crippen LogP contribution in [0, 0.1) is 12.1 Å². The summed E-state index contributed by atoms with van der Waals surface area (Å²) in [5, 5.41) is 12.4. The van der Waals surface area contributed by atoms with Gasteiger partial charge in [0.15, 0.2) is 0 Å². The van der Waals surface area contributed by atoms with Crippen molar-refractivity contribution in [1.82, 2.24) is 0 Å². The molecule has 0 spiro atoms. The Morgan fingerprint density at radius 3 is 2.53 bits per heavy atom.